The summed E-state index contributed by atoms with van der Waals surface area (Å²) in [6, 6.07) is 46.8. The predicted molar refractivity (Wildman–Crippen MR) is 235 cm³/mol. The monoisotopic (exact) mass is 790 g/mol. The average Bonchev–Trinajstić information content (AvgIpc) is 3.27. The number of nitrogens with two attached hydrogens (primary N) is 1. The number of nitrogens with one attached hydrogen (secondary N) is 2. The van der Waals surface area contributed by atoms with Crippen molar-refractivity contribution in [2.45, 2.75) is 76.7 Å². The zero-order valence-electron chi connectivity index (χ0n) is 33.9. The van der Waals surface area contributed by atoms with Crippen LogP contribution in [0.4, 0.5) is 11.4 Å². The Labute approximate surface area is 347 Å². The molecule has 0 radical (unpaired) electrons. The Morgan fingerprint density at radius 1 is 0.780 bits per heavy atom. The van der Waals surface area contributed by atoms with Crippen LogP contribution in [0, 0.1) is 0 Å². The molecule has 1 saturated heterocycles. The summed E-state index contributed by atoms with van der Waals surface area (Å²) in [5, 5.41) is 18.0. The summed E-state index contributed by atoms with van der Waals surface area (Å²) < 4.78 is 13.4. The molecule has 6 aromatic rings. The van der Waals surface area contributed by atoms with Gasteiger partial charge in [0.25, 0.3) is 0 Å². The quantitative estimate of drug-likeness (QED) is 0.0568. The predicted octanol–water partition coefficient (Wildman–Crippen LogP) is 9.64. The maximum atomic E-state index is 12.8. The molecule has 2 amide bonds. The summed E-state index contributed by atoms with van der Waals surface area (Å²) in [7, 11) is 2.15. The third kappa shape index (κ3) is 10.8. The van der Waals surface area contributed by atoms with Crippen LogP contribution in [0.15, 0.2) is 140 Å². The molecule has 1 aliphatic rings. The van der Waals surface area contributed by atoms with Crippen LogP contribution in [-0.2, 0) is 32.2 Å². The molecule has 0 aliphatic carbocycles. The first-order valence-electron chi connectivity index (χ1n) is 20.5. The number of nitrogens with zero attached hydrogens (tertiary/aromatic N) is 1. The van der Waals surface area contributed by atoms with E-state index in [9.17, 15) is 14.7 Å². The van der Waals surface area contributed by atoms with E-state index in [1.54, 1.807) is 12.1 Å². The minimum absolute atomic E-state index is 0.00649. The van der Waals surface area contributed by atoms with E-state index < -0.39 is 6.29 Å². The van der Waals surface area contributed by atoms with Crippen molar-refractivity contribution in [2.75, 3.05) is 24.6 Å². The van der Waals surface area contributed by atoms with Crippen molar-refractivity contribution in [1.82, 2.24) is 10.2 Å². The van der Waals surface area contributed by atoms with Crippen LogP contribution in [0.1, 0.15) is 85.3 Å². The van der Waals surface area contributed by atoms with Crippen LogP contribution >= 0.6 is 0 Å². The van der Waals surface area contributed by atoms with Gasteiger partial charge in [0.1, 0.15) is 0 Å². The highest BCUT2D eigenvalue weighted by Crippen LogP contribution is 2.39. The molecule has 9 nitrogen and oxygen atoms in total. The minimum Gasteiger partial charge on any atom is -0.397 e. The SMILES string of the molecule is C[C@H](c1ccc2ccccc2c1)N(C)C[C@@H]1C[C@H](c2ccc(CO)cc2)O[C@H](c2ccc(-c3ccccc3CNC(=O)CCCCC(=O)Nc3ccccc3N)cc2)O1. The normalized spacial score (nSPS) is 17.1. The van der Waals surface area contributed by atoms with Crippen molar-refractivity contribution < 1.29 is 24.2 Å². The molecule has 4 atom stereocenters. The van der Waals surface area contributed by atoms with Gasteiger partial charge < -0.3 is 30.9 Å². The summed E-state index contributed by atoms with van der Waals surface area (Å²) in [6.45, 7) is 3.34. The molecule has 304 valence electrons. The van der Waals surface area contributed by atoms with Gasteiger partial charge in [0.2, 0.25) is 11.8 Å². The number of carbonyl (C=O) groups is 2. The number of para-hydroxylation sites is 2. The van der Waals surface area contributed by atoms with E-state index in [0.29, 0.717) is 50.0 Å². The van der Waals surface area contributed by atoms with Crippen molar-refractivity contribution in [3.63, 3.8) is 0 Å². The van der Waals surface area contributed by atoms with E-state index in [-0.39, 0.29) is 36.7 Å². The molecule has 1 aliphatic heterocycles. The molecule has 6 aromatic carbocycles. The summed E-state index contributed by atoms with van der Waals surface area (Å²) in [6.07, 6.45) is 1.69. The number of nitrogen functional groups attached to an aromatic ring is 1. The lowest BCUT2D eigenvalue weighted by Crippen LogP contribution is -2.38. The molecule has 0 bridgehead atoms. The Kier molecular flexibility index (Phi) is 13.8. The van der Waals surface area contributed by atoms with Gasteiger partial charge >= 0.3 is 0 Å². The maximum absolute atomic E-state index is 12.8. The number of aliphatic hydroxyl groups is 1. The van der Waals surface area contributed by atoms with E-state index in [0.717, 1.165) is 39.9 Å². The second-order valence-corrected chi connectivity index (χ2v) is 15.5. The average molecular weight is 791 g/mol. The lowest BCUT2D eigenvalue weighted by molar-refractivity contribution is -0.253. The van der Waals surface area contributed by atoms with E-state index >= 15 is 0 Å². The second kappa shape index (κ2) is 19.7. The number of ether oxygens (including phenoxy) is 2. The second-order valence-electron chi connectivity index (χ2n) is 15.5. The van der Waals surface area contributed by atoms with Gasteiger partial charge in [0, 0.05) is 44.0 Å². The van der Waals surface area contributed by atoms with Crippen molar-refractivity contribution in [2.24, 2.45) is 0 Å². The number of anilines is 2. The molecule has 59 heavy (non-hydrogen) atoms. The molecule has 0 aromatic heterocycles. The topological polar surface area (TPSA) is 126 Å². The molecule has 5 N–H and O–H groups in total. The first-order valence-corrected chi connectivity index (χ1v) is 20.5. The third-order valence-corrected chi connectivity index (χ3v) is 11.3. The van der Waals surface area contributed by atoms with E-state index in [4.69, 9.17) is 15.2 Å². The number of likely N-dealkylation sites (N-methyl/N-ethyl adjacent to an activating group) is 1. The van der Waals surface area contributed by atoms with Gasteiger partial charge in [-0.3, -0.25) is 14.5 Å². The number of hydrogen-bond acceptors (Lipinski definition) is 7. The lowest BCUT2D eigenvalue weighted by Gasteiger charge is -2.39. The minimum atomic E-state index is -0.577. The Bertz CT molecular complexity index is 2330. The van der Waals surface area contributed by atoms with Gasteiger partial charge in [-0.05, 0) is 89.2 Å². The van der Waals surface area contributed by atoms with Gasteiger partial charge in [-0.15, -0.1) is 0 Å². The number of fused-ring (bicyclic) bond motifs is 1. The van der Waals surface area contributed by atoms with Crippen molar-refractivity contribution in [3.8, 4) is 11.1 Å². The zero-order chi connectivity index (χ0) is 41.1. The summed E-state index contributed by atoms with van der Waals surface area (Å²) in [5.74, 6) is -0.171. The van der Waals surface area contributed by atoms with Crippen molar-refractivity contribution in [1.29, 1.82) is 0 Å². The van der Waals surface area contributed by atoms with Gasteiger partial charge in [-0.2, -0.15) is 0 Å². The zero-order valence-corrected chi connectivity index (χ0v) is 33.9. The van der Waals surface area contributed by atoms with Crippen LogP contribution in [0.3, 0.4) is 0 Å². The number of rotatable bonds is 16. The highest BCUT2D eigenvalue weighted by atomic mass is 16.7. The molecule has 7 rings (SSSR count). The standard InChI is InChI=1S/C50H54N4O5/c1-34(40-28-23-36-11-3-4-12-41(36)29-40)54(2)32-43-30-47(38-21-19-35(33-55)20-22-38)59-50(58-43)39-26-24-37(25-27-39)44-14-6-5-13-42(44)31-52-48(56)17-9-10-18-49(57)53-46-16-8-7-15-45(46)51/h3-8,11-16,19-29,34,43,47,50,55H,9-10,17-18,30-33,51H2,1-2H3,(H,52,56)(H,53,57)/t34-,43+,47-,50-/m1/s1. The molecule has 0 unspecified atom stereocenters. The molecular weight excluding hydrogens is 737 g/mol. The first kappa shape index (κ1) is 41.3. The fraction of sp³-hybridized carbons (Fsp3) is 0.280. The Morgan fingerprint density at radius 2 is 1.46 bits per heavy atom. The van der Waals surface area contributed by atoms with Gasteiger partial charge in [0.15, 0.2) is 6.29 Å². The van der Waals surface area contributed by atoms with Gasteiger partial charge in [-0.1, -0.05) is 121 Å². The highest BCUT2D eigenvalue weighted by molar-refractivity contribution is 5.93. The molecular formula is C50H54N4O5. The summed E-state index contributed by atoms with van der Waals surface area (Å²) >= 11 is 0. The van der Waals surface area contributed by atoms with Gasteiger partial charge in [-0.25, -0.2) is 0 Å². The highest BCUT2D eigenvalue weighted by Gasteiger charge is 2.33. The molecule has 1 fully saturated rings. The fourth-order valence-electron chi connectivity index (χ4n) is 7.69. The molecule has 9 heteroatoms. The van der Waals surface area contributed by atoms with Crippen LogP contribution in [0.25, 0.3) is 21.9 Å². The number of unbranched alkanes of at least 4 members (excludes halogenated alkanes) is 1. The van der Waals surface area contributed by atoms with E-state index in [1.807, 2.05) is 54.6 Å². The Balaban J connectivity index is 0.978. The van der Waals surface area contributed by atoms with E-state index in [2.05, 4.69) is 102 Å². The third-order valence-electron chi connectivity index (χ3n) is 11.3. The van der Waals surface area contributed by atoms with E-state index in [1.165, 1.54) is 16.3 Å². The van der Waals surface area contributed by atoms with Crippen LogP contribution < -0.4 is 16.4 Å². The van der Waals surface area contributed by atoms with Crippen LogP contribution in [-0.4, -0.2) is 41.5 Å². The summed E-state index contributed by atoms with van der Waals surface area (Å²) in [4.78, 5) is 27.5. The number of carbonyl (C=O) groups excluding carboxylic acids is 2. The largest absolute Gasteiger partial charge is 0.397 e. The molecule has 0 spiro atoms. The maximum Gasteiger partial charge on any atom is 0.224 e. The number of aliphatic hydroxyl groups excluding tert-OH is 1. The summed E-state index contributed by atoms with van der Waals surface area (Å²) in [5.41, 5.74) is 14.2. The van der Waals surface area contributed by atoms with Crippen molar-refractivity contribution >= 4 is 34.0 Å². The Hall–Kier alpha value is -5.84. The van der Waals surface area contributed by atoms with Gasteiger partial charge in [0.05, 0.1) is 30.2 Å². The number of hydrogen-bond donors (Lipinski definition) is 4. The fourth-order valence-corrected chi connectivity index (χ4v) is 7.69. The molecule has 0 saturated carbocycles. The van der Waals surface area contributed by atoms with Crippen LogP contribution in [0.5, 0.6) is 0 Å². The van der Waals surface area contributed by atoms with Crippen molar-refractivity contribution in [3.05, 3.63) is 167 Å². The first-order chi connectivity index (χ1) is 28.7. The number of amides is 2. The lowest BCUT2D eigenvalue weighted by atomic mass is 9.97. The smallest absolute Gasteiger partial charge is 0.224 e. The van der Waals surface area contributed by atoms with Crippen LogP contribution in [0.2, 0.25) is 0 Å². The number of benzene rings is 6. The molecule has 1 heterocycles. The Morgan fingerprint density at radius 3 is 2.22 bits per heavy atom.